The first kappa shape index (κ1) is 16.9. The third-order valence-electron chi connectivity index (χ3n) is 3.68. The largest absolute Gasteiger partial charge is 0.461 e. The van der Waals surface area contributed by atoms with E-state index in [9.17, 15) is 20.1 Å². The topological polar surface area (TPSA) is 116 Å². The number of aryl methyl sites for hydroxylation is 1. The Kier molecular flexibility index (Phi) is 5.15. The van der Waals surface area contributed by atoms with Gasteiger partial charge in [-0.05, 0) is 25.5 Å². The molecule has 1 fully saturated rings. The van der Waals surface area contributed by atoms with Crippen LogP contribution in [0.3, 0.4) is 0 Å². The summed E-state index contributed by atoms with van der Waals surface area (Å²) in [4.78, 5) is 11.7. The average molecular weight is 312 g/mol. The number of benzene rings is 1. The average Bonchev–Trinajstić information content (AvgIpc) is 2.47. The fourth-order valence-electron chi connectivity index (χ4n) is 2.48. The van der Waals surface area contributed by atoms with E-state index in [0.717, 1.165) is 0 Å². The first-order chi connectivity index (χ1) is 10.4. The number of hydrogen-bond acceptors (Lipinski definition) is 7. The first-order valence-corrected chi connectivity index (χ1v) is 6.94. The Morgan fingerprint density at radius 1 is 1.23 bits per heavy atom. The molecule has 4 N–H and O–H groups in total. The van der Waals surface area contributed by atoms with Crippen molar-refractivity contribution < 1.29 is 34.7 Å². The number of aliphatic hydroxyl groups excluding tert-OH is 4. The van der Waals surface area contributed by atoms with Crippen molar-refractivity contribution in [3.8, 4) is 5.75 Å². The van der Waals surface area contributed by atoms with Gasteiger partial charge in [-0.15, -0.1) is 0 Å². The van der Waals surface area contributed by atoms with E-state index in [2.05, 4.69) is 0 Å². The van der Waals surface area contributed by atoms with Crippen molar-refractivity contribution >= 4 is 5.78 Å². The maximum absolute atomic E-state index is 11.7. The van der Waals surface area contributed by atoms with Crippen molar-refractivity contribution in [3.63, 3.8) is 0 Å². The maximum atomic E-state index is 11.7. The van der Waals surface area contributed by atoms with Crippen molar-refractivity contribution in [2.24, 2.45) is 0 Å². The summed E-state index contributed by atoms with van der Waals surface area (Å²) in [5.74, 6) is -0.00507. The zero-order chi connectivity index (χ0) is 16.4. The molecule has 0 amide bonds. The number of hydrogen-bond donors (Lipinski definition) is 4. The minimum Gasteiger partial charge on any atom is -0.461 e. The molecule has 1 aliphatic rings. The smallest absolute Gasteiger partial charge is 0.229 e. The van der Waals surface area contributed by atoms with Gasteiger partial charge in [-0.25, -0.2) is 0 Å². The van der Waals surface area contributed by atoms with Gasteiger partial charge in [0.1, 0.15) is 30.2 Å². The quantitative estimate of drug-likeness (QED) is 0.547. The van der Waals surface area contributed by atoms with E-state index in [4.69, 9.17) is 14.6 Å². The van der Waals surface area contributed by atoms with E-state index in [-0.39, 0.29) is 11.5 Å². The van der Waals surface area contributed by atoms with Gasteiger partial charge in [-0.2, -0.15) is 0 Å². The van der Waals surface area contributed by atoms with Gasteiger partial charge >= 0.3 is 0 Å². The molecule has 0 aromatic heterocycles. The first-order valence-electron chi connectivity index (χ1n) is 6.94. The second-order valence-corrected chi connectivity index (χ2v) is 5.32. The normalized spacial score (nSPS) is 31.8. The van der Waals surface area contributed by atoms with Crippen LogP contribution in [0.5, 0.6) is 5.75 Å². The second kappa shape index (κ2) is 6.72. The van der Waals surface area contributed by atoms with Crippen molar-refractivity contribution in [1.29, 1.82) is 0 Å². The van der Waals surface area contributed by atoms with Gasteiger partial charge in [-0.3, -0.25) is 4.79 Å². The highest BCUT2D eigenvalue weighted by molar-refractivity contribution is 5.98. The lowest BCUT2D eigenvalue weighted by Crippen LogP contribution is -2.60. The summed E-state index contributed by atoms with van der Waals surface area (Å²) in [7, 11) is 0. The van der Waals surface area contributed by atoms with Crippen molar-refractivity contribution in [2.75, 3.05) is 6.61 Å². The molecule has 1 aromatic carbocycles. The second-order valence-electron chi connectivity index (χ2n) is 5.32. The van der Waals surface area contributed by atoms with E-state index in [0.29, 0.717) is 11.1 Å². The highest BCUT2D eigenvalue weighted by Crippen LogP contribution is 2.28. The van der Waals surface area contributed by atoms with Gasteiger partial charge < -0.3 is 29.9 Å². The van der Waals surface area contributed by atoms with Gasteiger partial charge in [0.25, 0.3) is 0 Å². The highest BCUT2D eigenvalue weighted by Gasteiger charge is 2.44. The molecule has 0 unspecified atom stereocenters. The van der Waals surface area contributed by atoms with E-state index in [1.165, 1.54) is 6.92 Å². The van der Waals surface area contributed by atoms with Gasteiger partial charge in [0, 0.05) is 0 Å². The van der Waals surface area contributed by atoms with Crippen LogP contribution in [0.25, 0.3) is 0 Å². The predicted molar refractivity (Wildman–Crippen MR) is 75.6 cm³/mol. The van der Waals surface area contributed by atoms with Crippen LogP contribution in [0.2, 0.25) is 0 Å². The summed E-state index contributed by atoms with van der Waals surface area (Å²) >= 11 is 0. The van der Waals surface area contributed by atoms with Crippen LogP contribution in [0, 0.1) is 6.92 Å². The monoisotopic (exact) mass is 312 g/mol. The number of carbonyl (C=O) groups is 1. The standard InChI is InChI=1S/C15H20O7/c1-7-4-3-5-9(11(7)8(2)17)21-15-14(20)13(19)12(18)10(6-16)22-15/h3-5,10,12-16,18-20H,6H2,1-2H3/t10-,12-,13+,14-,15-/m1/s1. The number of ether oxygens (including phenoxy) is 2. The molecule has 7 nitrogen and oxygen atoms in total. The number of carbonyl (C=O) groups excluding carboxylic acids is 1. The van der Waals surface area contributed by atoms with E-state index in [1.54, 1.807) is 25.1 Å². The molecule has 0 saturated carbocycles. The molecule has 1 aromatic rings. The molecule has 7 heteroatoms. The van der Waals surface area contributed by atoms with Crippen LogP contribution in [0.15, 0.2) is 18.2 Å². The minimum absolute atomic E-state index is 0.205. The summed E-state index contributed by atoms with van der Waals surface area (Å²) in [6.45, 7) is 2.59. The van der Waals surface area contributed by atoms with Crippen LogP contribution >= 0.6 is 0 Å². The van der Waals surface area contributed by atoms with E-state index >= 15 is 0 Å². The molecule has 22 heavy (non-hydrogen) atoms. The molecule has 2 rings (SSSR count). The van der Waals surface area contributed by atoms with Gasteiger partial charge in [0.15, 0.2) is 5.78 Å². The molecular weight excluding hydrogens is 292 g/mol. The summed E-state index contributed by atoms with van der Waals surface area (Å²) in [6.07, 6.45) is -6.87. The van der Waals surface area contributed by atoms with Crippen LogP contribution in [-0.4, -0.2) is 63.5 Å². The molecule has 0 spiro atoms. The lowest BCUT2D eigenvalue weighted by Gasteiger charge is -2.39. The number of aliphatic hydroxyl groups is 4. The third-order valence-corrected chi connectivity index (χ3v) is 3.68. The Bertz CT molecular complexity index is 543. The lowest BCUT2D eigenvalue weighted by atomic mass is 9.99. The molecule has 122 valence electrons. The van der Waals surface area contributed by atoms with Crippen LogP contribution in [-0.2, 0) is 4.74 Å². The Morgan fingerprint density at radius 2 is 1.91 bits per heavy atom. The fraction of sp³-hybridized carbons (Fsp3) is 0.533. The Balaban J connectivity index is 2.27. The number of Topliss-reactive ketones (excluding diaryl/α,β-unsaturated/α-hetero) is 1. The van der Waals surface area contributed by atoms with E-state index in [1.807, 2.05) is 0 Å². The molecule has 1 aliphatic heterocycles. The fourth-order valence-corrected chi connectivity index (χ4v) is 2.48. The Labute approximate surface area is 127 Å². The van der Waals surface area contributed by atoms with Gasteiger partial charge in [0.2, 0.25) is 6.29 Å². The Hall–Kier alpha value is -1.51. The van der Waals surface area contributed by atoms with Gasteiger partial charge in [0.05, 0.1) is 12.2 Å². The summed E-state index contributed by atoms with van der Waals surface area (Å²) in [5, 5.41) is 38.6. The molecule has 0 bridgehead atoms. The van der Waals surface area contributed by atoms with E-state index < -0.39 is 37.3 Å². The maximum Gasteiger partial charge on any atom is 0.229 e. The minimum atomic E-state index is -1.53. The van der Waals surface area contributed by atoms with Crippen molar-refractivity contribution in [1.82, 2.24) is 0 Å². The SMILES string of the molecule is CC(=O)c1c(C)cccc1O[C@@H]1O[C@H](CO)[C@@H](O)[C@H](O)[C@H]1O. The lowest BCUT2D eigenvalue weighted by molar-refractivity contribution is -0.277. The summed E-state index contributed by atoms with van der Waals surface area (Å²) in [5.41, 5.74) is 1.05. The van der Waals surface area contributed by atoms with Crippen LogP contribution in [0.1, 0.15) is 22.8 Å². The molecule has 0 aliphatic carbocycles. The van der Waals surface area contributed by atoms with Crippen molar-refractivity contribution in [3.05, 3.63) is 29.3 Å². The summed E-state index contributed by atoms with van der Waals surface area (Å²) < 4.78 is 10.8. The number of ketones is 1. The van der Waals surface area contributed by atoms with Crippen LogP contribution < -0.4 is 4.74 Å². The van der Waals surface area contributed by atoms with Crippen molar-refractivity contribution in [2.45, 2.75) is 44.6 Å². The molecular formula is C15H20O7. The molecule has 5 atom stereocenters. The van der Waals surface area contributed by atoms with Gasteiger partial charge in [-0.1, -0.05) is 12.1 Å². The molecule has 1 saturated heterocycles. The summed E-state index contributed by atoms with van der Waals surface area (Å²) in [6, 6.07) is 4.98. The highest BCUT2D eigenvalue weighted by atomic mass is 16.7. The third kappa shape index (κ3) is 3.13. The van der Waals surface area contributed by atoms with Crippen LogP contribution in [0.4, 0.5) is 0 Å². The molecule has 1 heterocycles. The zero-order valence-electron chi connectivity index (χ0n) is 12.3. The molecule has 0 radical (unpaired) electrons. The predicted octanol–water partition coefficient (Wildman–Crippen LogP) is -0.624. The number of rotatable bonds is 4. The Morgan fingerprint density at radius 3 is 2.50 bits per heavy atom. The zero-order valence-corrected chi connectivity index (χ0v) is 12.3.